The number of unbranched alkanes of at least 4 members (excludes halogenated alkanes) is 1. The van der Waals surface area contributed by atoms with Crippen LogP contribution in [0.25, 0.3) is 0 Å². The molecule has 0 bridgehead atoms. The number of ketones is 2. The minimum absolute atomic E-state index is 0.185. The molecule has 0 unspecified atom stereocenters. The number of allylic oxidation sites excluding steroid dienone is 2. The highest BCUT2D eigenvalue weighted by Crippen LogP contribution is 2.10. The van der Waals surface area contributed by atoms with Crippen LogP contribution in [0.15, 0.2) is 16.6 Å². The molecule has 0 aromatic carbocycles. The van der Waals surface area contributed by atoms with Crippen molar-refractivity contribution >= 4 is 17.3 Å². The van der Waals surface area contributed by atoms with Gasteiger partial charge in [0.2, 0.25) is 11.6 Å². The molecular weight excluding hydrogens is 178 g/mol. The fourth-order valence-corrected chi connectivity index (χ4v) is 1.29. The van der Waals surface area contributed by atoms with E-state index < -0.39 is 5.78 Å². The molecule has 0 aliphatic heterocycles. The first-order valence-corrected chi connectivity index (χ1v) is 4.94. The van der Waals surface area contributed by atoms with E-state index in [-0.39, 0.29) is 12.2 Å². The minimum atomic E-state index is -0.392. The Bertz CT molecular complexity index is 313. The molecule has 0 aromatic rings. The van der Waals surface area contributed by atoms with Gasteiger partial charge in [-0.25, -0.2) is 0 Å². The summed E-state index contributed by atoms with van der Waals surface area (Å²) in [6.45, 7) is 4.67. The molecule has 14 heavy (non-hydrogen) atoms. The number of aliphatic imine (C=N–C) groups is 1. The van der Waals surface area contributed by atoms with Gasteiger partial charge in [-0.05, 0) is 25.0 Å². The number of rotatable bonds is 3. The van der Waals surface area contributed by atoms with Crippen molar-refractivity contribution in [2.45, 2.75) is 33.1 Å². The Balaban J connectivity index is 2.71. The van der Waals surface area contributed by atoms with Crippen molar-refractivity contribution in [1.82, 2.24) is 0 Å². The summed E-state index contributed by atoms with van der Waals surface area (Å²) in [5, 5.41) is 0. The van der Waals surface area contributed by atoms with Gasteiger partial charge < -0.3 is 0 Å². The Labute approximate surface area is 83.9 Å². The van der Waals surface area contributed by atoms with Crippen LogP contribution in [0, 0.1) is 0 Å². The summed E-state index contributed by atoms with van der Waals surface area (Å²) in [6, 6.07) is 0. The maximum absolute atomic E-state index is 11.1. The van der Waals surface area contributed by atoms with Crippen LogP contribution in [0.2, 0.25) is 0 Å². The summed E-state index contributed by atoms with van der Waals surface area (Å²) in [5.41, 5.74) is 1.62. The SMILES string of the molecule is CCCCN=C1CC(=O)C(=O)C=C1C. The first-order valence-electron chi connectivity index (χ1n) is 4.94. The number of hydrogen-bond donors (Lipinski definition) is 0. The number of hydrogen-bond acceptors (Lipinski definition) is 3. The van der Waals surface area contributed by atoms with Crippen LogP contribution in [0.1, 0.15) is 33.1 Å². The third kappa shape index (κ3) is 2.62. The third-order valence-corrected chi connectivity index (χ3v) is 2.22. The van der Waals surface area contributed by atoms with Crippen molar-refractivity contribution in [2.24, 2.45) is 4.99 Å². The molecule has 76 valence electrons. The molecule has 0 spiro atoms. The Morgan fingerprint density at radius 3 is 2.79 bits per heavy atom. The fourth-order valence-electron chi connectivity index (χ4n) is 1.29. The molecule has 0 aromatic heterocycles. The number of nitrogens with zero attached hydrogens (tertiary/aromatic N) is 1. The average Bonchev–Trinajstić information content (AvgIpc) is 2.14. The molecule has 0 saturated carbocycles. The summed E-state index contributed by atoms with van der Waals surface area (Å²) in [7, 11) is 0. The summed E-state index contributed by atoms with van der Waals surface area (Å²) in [4.78, 5) is 26.4. The molecule has 1 rings (SSSR count). The highest BCUT2D eigenvalue weighted by Gasteiger charge is 2.21. The zero-order valence-electron chi connectivity index (χ0n) is 8.67. The predicted molar refractivity (Wildman–Crippen MR) is 55.6 cm³/mol. The number of carbonyl (C=O) groups is 2. The van der Waals surface area contributed by atoms with Crippen LogP contribution >= 0.6 is 0 Å². The van der Waals surface area contributed by atoms with Crippen LogP contribution in [0.4, 0.5) is 0 Å². The van der Waals surface area contributed by atoms with Gasteiger partial charge in [-0.3, -0.25) is 14.6 Å². The normalized spacial score (nSPS) is 20.1. The third-order valence-electron chi connectivity index (χ3n) is 2.22. The van der Waals surface area contributed by atoms with Gasteiger partial charge in [0.25, 0.3) is 0 Å². The van der Waals surface area contributed by atoms with Gasteiger partial charge >= 0.3 is 0 Å². The van der Waals surface area contributed by atoms with Crippen molar-refractivity contribution in [2.75, 3.05) is 6.54 Å². The molecule has 0 atom stereocenters. The lowest BCUT2D eigenvalue weighted by atomic mass is 9.96. The largest absolute Gasteiger partial charge is 0.290 e. The maximum Gasteiger partial charge on any atom is 0.222 e. The number of Topliss-reactive ketones (excluding diaryl/α,β-unsaturated/α-hetero) is 1. The molecule has 0 heterocycles. The van der Waals surface area contributed by atoms with E-state index in [0.717, 1.165) is 30.7 Å². The van der Waals surface area contributed by atoms with Gasteiger partial charge in [-0.1, -0.05) is 13.3 Å². The van der Waals surface area contributed by atoms with Gasteiger partial charge in [0, 0.05) is 12.3 Å². The quantitative estimate of drug-likeness (QED) is 0.506. The molecule has 0 saturated heterocycles. The van der Waals surface area contributed by atoms with Crippen LogP contribution in [-0.4, -0.2) is 23.8 Å². The first-order chi connectivity index (χ1) is 6.65. The van der Waals surface area contributed by atoms with E-state index in [0.29, 0.717) is 0 Å². The first kappa shape index (κ1) is 10.8. The monoisotopic (exact) mass is 193 g/mol. The minimum Gasteiger partial charge on any atom is -0.290 e. The van der Waals surface area contributed by atoms with Gasteiger partial charge in [0.15, 0.2) is 0 Å². The molecule has 0 N–H and O–H groups in total. The maximum atomic E-state index is 11.1. The van der Waals surface area contributed by atoms with Crippen LogP contribution in [-0.2, 0) is 9.59 Å². The van der Waals surface area contributed by atoms with Crippen LogP contribution in [0.5, 0.6) is 0 Å². The van der Waals surface area contributed by atoms with Crippen molar-refractivity contribution < 1.29 is 9.59 Å². The van der Waals surface area contributed by atoms with Crippen molar-refractivity contribution in [3.63, 3.8) is 0 Å². The Kier molecular flexibility index (Phi) is 3.74. The second-order valence-corrected chi connectivity index (χ2v) is 3.47. The number of carbonyl (C=O) groups excluding carboxylic acids is 2. The van der Waals surface area contributed by atoms with Gasteiger partial charge in [0.1, 0.15) is 0 Å². The van der Waals surface area contributed by atoms with E-state index in [4.69, 9.17) is 0 Å². The second-order valence-electron chi connectivity index (χ2n) is 3.47. The van der Waals surface area contributed by atoms with Gasteiger partial charge in [-0.15, -0.1) is 0 Å². The van der Waals surface area contributed by atoms with Crippen molar-refractivity contribution in [3.05, 3.63) is 11.6 Å². The van der Waals surface area contributed by atoms with Crippen molar-refractivity contribution in [1.29, 1.82) is 0 Å². The van der Waals surface area contributed by atoms with E-state index in [1.165, 1.54) is 6.08 Å². The lowest BCUT2D eigenvalue weighted by Crippen LogP contribution is -2.23. The molecule has 3 nitrogen and oxygen atoms in total. The molecule has 0 radical (unpaired) electrons. The lowest BCUT2D eigenvalue weighted by Gasteiger charge is -2.10. The highest BCUT2D eigenvalue weighted by atomic mass is 16.2. The van der Waals surface area contributed by atoms with Crippen LogP contribution < -0.4 is 0 Å². The van der Waals surface area contributed by atoms with E-state index in [1.54, 1.807) is 0 Å². The van der Waals surface area contributed by atoms with E-state index in [9.17, 15) is 9.59 Å². The van der Waals surface area contributed by atoms with E-state index in [2.05, 4.69) is 11.9 Å². The predicted octanol–water partition coefficient (Wildman–Crippen LogP) is 1.72. The summed E-state index contributed by atoms with van der Waals surface area (Å²) in [6.07, 6.45) is 3.69. The van der Waals surface area contributed by atoms with Crippen molar-refractivity contribution in [3.8, 4) is 0 Å². The smallest absolute Gasteiger partial charge is 0.222 e. The zero-order chi connectivity index (χ0) is 10.6. The summed E-state index contributed by atoms with van der Waals surface area (Å²) < 4.78 is 0. The lowest BCUT2D eigenvalue weighted by molar-refractivity contribution is -0.133. The molecule has 1 aliphatic carbocycles. The average molecular weight is 193 g/mol. The molecule has 0 fully saturated rings. The topological polar surface area (TPSA) is 46.5 Å². The standard InChI is InChI=1S/C11H15NO2/c1-3-4-5-12-9-7-11(14)10(13)6-8(9)2/h6H,3-5,7H2,1-2H3. The Hall–Kier alpha value is -1.25. The van der Waals surface area contributed by atoms with Crippen LogP contribution in [0.3, 0.4) is 0 Å². The molecular formula is C11H15NO2. The Morgan fingerprint density at radius 1 is 1.43 bits per heavy atom. The molecule has 3 heteroatoms. The summed E-state index contributed by atoms with van der Waals surface area (Å²) in [5.74, 6) is -0.734. The fraction of sp³-hybridized carbons (Fsp3) is 0.545. The molecule has 0 amide bonds. The van der Waals surface area contributed by atoms with Gasteiger partial charge in [0.05, 0.1) is 6.42 Å². The summed E-state index contributed by atoms with van der Waals surface area (Å²) >= 11 is 0. The van der Waals surface area contributed by atoms with E-state index in [1.807, 2.05) is 6.92 Å². The van der Waals surface area contributed by atoms with Gasteiger partial charge in [-0.2, -0.15) is 0 Å². The zero-order valence-corrected chi connectivity index (χ0v) is 8.67. The molecule has 1 aliphatic rings. The second kappa shape index (κ2) is 4.84. The Morgan fingerprint density at radius 2 is 2.14 bits per heavy atom. The van der Waals surface area contributed by atoms with E-state index >= 15 is 0 Å². The highest BCUT2D eigenvalue weighted by molar-refractivity contribution is 6.48.